The average molecular weight is 250 g/mol. The first-order valence-corrected chi connectivity index (χ1v) is 4.96. The van der Waals surface area contributed by atoms with Gasteiger partial charge in [-0.2, -0.15) is 0 Å². The maximum Gasteiger partial charge on any atom is 0.347 e. The number of carboxylic acids is 1. The van der Waals surface area contributed by atoms with E-state index in [1.807, 2.05) is 0 Å². The third-order valence-corrected chi connectivity index (χ3v) is 2.40. The van der Waals surface area contributed by atoms with Crippen LogP contribution in [0, 0.1) is 0 Å². The lowest BCUT2D eigenvalue weighted by Gasteiger charge is -2.06. The number of ether oxygens (including phenoxy) is 1. The zero-order valence-electron chi connectivity index (χ0n) is 9.38. The van der Waals surface area contributed by atoms with Crippen LogP contribution in [-0.2, 0) is 0 Å². The molecule has 0 aliphatic carbocycles. The van der Waals surface area contributed by atoms with Crippen LogP contribution in [0.2, 0.25) is 0 Å². The van der Waals surface area contributed by atoms with Gasteiger partial charge in [0.15, 0.2) is 5.56 Å². The minimum atomic E-state index is -1.49. The van der Waals surface area contributed by atoms with Gasteiger partial charge in [0.25, 0.3) is 5.56 Å². The Bertz CT molecular complexity index is 656. The Balaban J connectivity index is 2.61. The number of aromatic nitrogens is 2. The molecule has 1 heterocycles. The lowest BCUT2D eigenvalue weighted by molar-refractivity contribution is 0.0692. The van der Waals surface area contributed by atoms with E-state index in [4.69, 9.17) is 9.84 Å². The molecule has 0 radical (unpaired) electrons. The summed E-state index contributed by atoms with van der Waals surface area (Å²) in [6, 6.07) is 6.46. The summed E-state index contributed by atoms with van der Waals surface area (Å²) >= 11 is 0. The highest BCUT2D eigenvalue weighted by Gasteiger charge is 2.21. The van der Waals surface area contributed by atoms with Gasteiger partial charge in [0.2, 0.25) is 5.88 Å². The van der Waals surface area contributed by atoms with Gasteiger partial charge in [-0.3, -0.25) is 9.89 Å². The van der Waals surface area contributed by atoms with Crippen LogP contribution in [-0.4, -0.2) is 33.1 Å². The molecule has 0 spiro atoms. The van der Waals surface area contributed by atoms with Gasteiger partial charge < -0.3 is 14.9 Å². The van der Waals surface area contributed by atoms with Crippen LogP contribution in [0.4, 0.5) is 0 Å². The second-order valence-corrected chi connectivity index (χ2v) is 3.48. The zero-order chi connectivity index (χ0) is 13.3. The van der Waals surface area contributed by atoms with Gasteiger partial charge in [0, 0.05) is 6.07 Å². The van der Waals surface area contributed by atoms with E-state index in [1.54, 1.807) is 24.3 Å². The van der Waals surface area contributed by atoms with Gasteiger partial charge in [-0.15, -0.1) is 0 Å². The van der Waals surface area contributed by atoms with Crippen molar-refractivity contribution in [3.63, 3.8) is 0 Å². The highest BCUT2D eigenvalue weighted by Crippen LogP contribution is 2.21. The van der Waals surface area contributed by atoms with Crippen molar-refractivity contribution in [2.45, 2.75) is 0 Å². The maximum atomic E-state index is 11.4. The van der Waals surface area contributed by atoms with Crippen LogP contribution in [0.5, 0.6) is 11.6 Å². The fourth-order valence-corrected chi connectivity index (χ4v) is 1.55. The van der Waals surface area contributed by atoms with Crippen molar-refractivity contribution in [3.05, 3.63) is 40.2 Å². The van der Waals surface area contributed by atoms with Gasteiger partial charge >= 0.3 is 5.97 Å². The fraction of sp³-hybridized carbons (Fsp3) is 0.0909. The molecule has 0 aliphatic heterocycles. The first-order chi connectivity index (χ1) is 8.54. The Kier molecular flexibility index (Phi) is 2.80. The van der Waals surface area contributed by atoms with Gasteiger partial charge in [0.1, 0.15) is 5.75 Å². The number of aromatic hydroxyl groups is 1. The summed E-state index contributed by atoms with van der Waals surface area (Å²) in [6.07, 6.45) is 0. The molecule has 0 saturated heterocycles. The molecule has 0 amide bonds. The second kappa shape index (κ2) is 4.28. The van der Waals surface area contributed by atoms with Crippen molar-refractivity contribution in [1.29, 1.82) is 0 Å². The Labute approximate surface area is 101 Å². The van der Waals surface area contributed by atoms with Gasteiger partial charge in [-0.25, -0.2) is 9.48 Å². The van der Waals surface area contributed by atoms with Crippen molar-refractivity contribution < 1.29 is 19.7 Å². The maximum absolute atomic E-state index is 11.4. The number of H-pyrrole nitrogens is 1. The normalized spacial score (nSPS) is 10.3. The number of methoxy groups -OCH3 is 1. The molecule has 3 N–H and O–H groups in total. The molecule has 18 heavy (non-hydrogen) atoms. The number of nitrogens with zero attached hydrogens (tertiary/aromatic N) is 1. The minimum Gasteiger partial charge on any atom is -0.497 e. The summed E-state index contributed by atoms with van der Waals surface area (Å²) in [6.45, 7) is 0. The van der Waals surface area contributed by atoms with E-state index in [2.05, 4.69) is 5.10 Å². The highest BCUT2D eigenvalue weighted by atomic mass is 16.5. The van der Waals surface area contributed by atoms with Crippen LogP contribution < -0.4 is 10.3 Å². The summed E-state index contributed by atoms with van der Waals surface area (Å²) in [4.78, 5) is 22.2. The number of rotatable bonds is 3. The number of carbonyl (C=O) groups is 1. The van der Waals surface area contributed by atoms with E-state index in [9.17, 15) is 14.7 Å². The van der Waals surface area contributed by atoms with E-state index in [0.717, 1.165) is 4.68 Å². The molecule has 0 aliphatic rings. The lowest BCUT2D eigenvalue weighted by Crippen LogP contribution is -2.11. The molecule has 0 atom stereocenters. The molecule has 0 saturated carbocycles. The smallest absolute Gasteiger partial charge is 0.347 e. The van der Waals surface area contributed by atoms with E-state index in [1.165, 1.54) is 7.11 Å². The van der Waals surface area contributed by atoms with Crippen molar-refractivity contribution in [3.8, 4) is 17.3 Å². The molecule has 2 aromatic rings. The minimum absolute atomic E-state index is 0.386. The molecule has 0 fully saturated rings. The standard InChI is InChI=1S/C11H10N2O5/c1-18-7-4-2-3-6(5-7)13-10(15)8(11(16)17)9(14)12-13/h2-5,15H,1H3,(H,12,14)(H,16,17). The number of benzene rings is 1. The van der Waals surface area contributed by atoms with Crippen molar-refractivity contribution in [2.75, 3.05) is 7.11 Å². The van der Waals surface area contributed by atoms with E-state index in [0.29, 0.717) is 11.4 Å². The lowest BCUT2D eigenvalue weighted by atomic mass is 10.3. The molecular weight excluding hydrogens is 240 g/mol. The van der Waals surface area contributed by atoms with E-state index in [-0.39, 0.29) is 0 Å². The third-order valence-electron chi connectivity index (χ3n) is 2.40. The Morgan fingerprint density at radius 2 is 2.17 bits per heavy atom. The molecule has 0 unspecified atom stereocenters. The molecule has 94 valence electrons. The first kappa shape index (κ1) is 11.8. The number of hydrogen-bond donors (Lipinski definition) is 3. The fourth-order valence-electron chi connectivity index (χ4n) is 1.55. The molecule has 1 aromatic heterocycles. The van der Waals surface area contributed by atoms with Crippen LogP contribution in [0.1, 0.15) is 10.4 Å². The summed E-state index contributed by atoms with van der Waals surface area (Å²) in [7, 11) is 1.47. The van der Waals surface area contributed by atoms with E-state index < -0.39 is 23.0 Å². The number of nitrogens with one attached hydrogen (secondary N) is 1. The number of aromatic carboxylic acids is 1. The number of carboxylic acid groups (broad SMARTS) is 1. The second-order valence-electron chi connectivity index (χ2n) is 3.48. The third kappa shape index (κ3) is 1.81. The van der Waals surface area contributed by atoms with Crippen LogP contribution in [0.15, 0.2) is 29.1 Å². The monoisotopic (exact) mass is 250 g/mol. The first-order valence-electron chi connectivity index (χ1n) is 4.96. The van der Waals surface area contributed by atoms with Crippen molar-refractivity contribution in [1.82, 2.24) is 9.78 Å². The van der Waals surface area contributed by atoms with E-state index >= 15 is 0 Å². The van der Waals surface area contributed by atoms with Gasteiger partial charge in [-0.1, -0.05) is 6.07 Å². The summed E-state index contributed by atoms with van der Waals surface area (Å²) < 4.78 is 5.98. The Morgan fingerprint density at radius 1 is 1.44 bits per heavy atom. The Hall–Kier alpha value is -2.70. The SMILES string of the molecule is COc1cccc(-n2[nH]c(=O)c(C(=O)O)c2O)c1. The highest BCUT2D eigenvalue weighted by molar-refractivity contribution is 5.89. The zero-order valence-corrected chi connectivity index (χ0v) is 9.38. The van der Waals surface area contributed by atoms with Crippen LogP contribution in [0.3, 0.4) is 0 Å². The topological polar surface area (TPSA) is 105 Å². The van der Waals surface area contributed by atoms with Gasteiger partial charge in [0.05, 0.1) is 12.8 Å². The summed E-state index contributed by atoms with van der Waals surface area (Å²) in [5.41, 5.74) is -1.18. The summed E-state index contributed by atoms with van der Waals surface area (Å²) in [5.74, 6) is -1.63. The molecule has 7 heteroatoms. The number of aromatic amines is 1. The summed E-state index contributed by atoms with van der Waals surface area (Å²) in [5, 5.41) is 20.7. The quantitative estimate of drug-likeness (QED) is 0.739. The molecule has 1 aromatic carbocycles. The van der Waals surface area contributed by atoms with Gasteiger partial charge in [-0.05, 0) is 12.1 Å². The largest absolute Gasteiger partial charge is 0.497 e. The van der Waals surface area contributed by atoms with Crippen LogP contribution >= 0.6 is 0 Å². The predicted molar refractivity (Wildman–Crippen MR) is 61.6 cm³/mol. The number of hydrogen-bond acceptors (Lipinski definition) is 4. The molecule has 7 nitrogen and oxygen atoms in total. The molecule has 0 bridgehead atoms. The van der Waals surface area contributed by atoms with Crippen molar-refractivity contribution in [2.24, 2.45) is 0 Å². The Morgan fingerprint density at radius 3 is 2.72 bits per heavy atom. The molecular formula is C11H10N2O5. The average Bonchev–Trinajstić information content (AvgIpc) is 2.65. The van der Waals surface area contributed by atoms with Crippen LogP contribution in [0.25, 0.3) is 5.69 Å². The predicted octanol–water partition coefficient (Wildman–Crippen LogP) is 0.578. The van der Waals surface area contributed by atoms with Crippen molar-refractivity contribution >= 4 is 5.97 Å². The molecule has 2 rings (SSSR count).